The first-order valence-corrected chi connectivity index (χ1v) is 10.7. The quantitative estimate of drug-likeness (QED) is 0.377. The maximum atomic E-state index is 4.68. The van der Waals surface area contributed by atoms with E-state index in [4.69, 9.17) is 0 Å². The van der Waals surface area contributed by atoms with Gasteiger partial charge in [0.25, 0.3) is 5.82 Å². The lowest BCUT2D eigenvalue weighted by atomic mass is 10.4. The molecule has 2 N–H and O–H groups in total. The molecule has 30 heavy (non-hydrogen) atoms. The predicted octanol–water partition coefficient (Wildman–Crippen LogP) is -0.810. The van der Waals surface area contributed by atoms with Crippen LogP contribution in [0.5, 0.6) is 0 Å². The minimum Gasteiger partial charge on any atom is -0.355 e. The van der Waals surface area contributed by atoms with Gasteiger partial charge in [-0.25, -0.2) is 4.68 Å². The lowest BCUT2D eigenvalue weighted by Crippen LogP contribution is -3.12. The number of hydrogen-bond acceptors (Lipinski definition) is 5. The van der Waals surface area contributed by atoms with Crippen molar-refractivity contribution < 1.29 is 5.01 Å². The van der Waals surface area contributed by atoms with E-state index in [0.717, 1.165) is 54.1 Å². The first kappa shape index (κ1) is 20.3. The smallest absolute Gasteiger partial charge is 0.271 e. The third-order valence-corrected chi connectivity index (χ3v) is 5.51. The Hall–Kier alpha value is -3.01. The van der Waals surface area contributed by atoms with Crippen LogP contribution in [0.3, 0.4) is 0 Å². The van der Waals surface area contributed by atoms with Gasteiger partial charge in [0.05, 0.1) is 7.05 Å². The van der Waals surface area contributed by atoms with E-state index in [1.807, 2.05) is 45.3 Å². The normalized spacial score (nSPS) is 22.7. The topological polar surface area (TPSA) is 93.7 Å². The molecule has 4 rings (SSSR count). The molecule has 2 fully saturated rings. The van der Waals surface area contributed by atoms with Gasteiger partial charge in [-0.05, 0) is 50.8 Å². The van der Waals surface area contributed by atoms with Gasteiger partial charge in [0, 0.05) is 39.3 Å². The second-order valence-corrected chi connectivity index (χ2v) is 7.84. The van der Waals surface area contributed by atoms with Crippen LogP contribution < -0.4 is 31.7 Å². The first-order valence-electron chi connectivity index (χ1n) is 10.7. The van der Waals surface area contributed by atoms with Crippen molar-refractivity contribution in [1.82, 2.24) is 31.0 Å². The summed E-state index contributed by atoms with van der Waals surface area (Å²) < 4.78 is 1.77. The van der Waals surface area contributed by atoms with Crippen molar-refractivity contribution >= 4 is 11.7 Å². The second kappa shape index (κ2) is 9.21. The molecule has 1 unspecified atom stereocenters. The maximum Gasteiger partial charge on any atom is 0.271 e. The molecule has 0 spiro atoms. The van der Waals surface area contributed by atoms with E-state index in [9.17, 15) is 0 Å². The van der Waals surface area contributed by atoms with Crippen molar-refractivity contribution in [2.45, 2.75) is 32.6 Å². The van der Waals surface area contributed by atoms with Crippen molar-refractivity contribution in [3.05, 3.63) is 41.4 Å². The average Bonchev–Trinajstić information content (AvgIpc) is 3.46. The van der Waals surface area contributed by atoms with Gasteiger partial charge in [-0.2, -0.15) is 15.2 Å². The molecule has 1 atom stereocenters. The molecule has 2 radical (unpaired) electrons. The van der Waals surface area contributed by atoms with Crippen LogP contribution in [0.25, 0.3) is 0 Å². The fourth-order valence-electron chi connectivity index (χ4n) is 3.78. The number of nitrogens with one attached hydrogen (secondary N) is 2. The molecule has 3 aliphatic heterocycles. The third-order valence-electron chi connectivity index (χ3n) is 5.51. The summed E-state index contributed by atoms with van der Waals surface area (Å²) in [4.78, 5) is 4.61. The number of aromatic nitrogens is 2. The highest BCUT2D eigenvalue weighted by molar-refractivity contribution is 5.78. The third kappa shape index (κ3) is 4.76. The fourth-order valence-corrected chi connectivity index (χ4v) is 3.78. The zero-order valence-corrected chi connectivity index (χ0v) is 18.0. The van der Waals surface area contributed by atoms with Crippen molar-refractivity contribution in [1.29, 1.82) is 0 Å². The molecular formula is C20H31N10+. The number of likely N-dealkylation sites (tertiary alicyclic amines) is 1. The Labute approximate surface area is 177 Å². The molecule has 0 saturated carbocycles. The minimum atomic E-state index is 0.599. The molecule has 10 heteroatoms. The highest BCUT2D eigenvalue weighted by Crippen LogP contribution is 2.15. The number of rotatable bonds is 5. The SMILES string of the molecule is C/C(=N\[N]C1=CC=C(N2CCCC2)[N][NH+]1C)N/N=c1/ccc(N2CCCC2)nn1C. The summed E-state index contributed by atoms with van der Waals surface area (Å²) in [5, 5.41) is 14.1. The molecule has 2 saturated heterocycles. The van der Waals surface area contributed by atoms with E-state index in [-0.39, 0.29) is 0 Å². The Morgan fingerprint density at radius 3 is 2.40 bits per heavy atom. The lowest BCUT2D eigenvalue weighted by molar-refractivity contribution is -0.892. The van der Waals surface area contributed by atoms with Crippen molar-refractivity contribution in [3.8, 4) is 0 Å². The number of hydrogen-bond donors (Lipinski definition) is 2. The Balaban J connectivity index is 1.36. The maximum absolute atomic E-state index is 4.68. The van der Waals surface area contributed by atoms with Crippen LogP contribution in [-0.4, -0.2) is 53.7 Å². The van der Waals surface area contributed by atoms with Crippen LogP contribution in [-0.2, 0) is 7.05 Å². The summed E-state index contributed by atoms with van der Waals surface area (Å²) in [6.07, 6.45) is 8.93. The van der Waals surface area contributed by atoms with Crippen LogP contribution in [0, 0.1) is 0 Å². The summed E-state index contributed by atoms with van der Waals surface area (Å²) in [5.74, 6) is 3.38. The molecule has 0 aromatic carbocycles. The monoisotopic (exact) mass is 411 g/mol. The molecular weight excluding hydrogens is 380 g/mol. The van der Waals surface area contributed by atoms with E-state index in [2.05, 4.69) is 41.4 Å². The number of amidine groups is 1. The molecule has 0 amide bonds. The fraction of sp³-hybridized carbons (Fsp3) is 0.550. The minimum absolute atomic E-state index is 0.599. The number of nitrogens with zero attached hydrogens (tertiary/aromatic N) is 8. The van der Waals surface area contributed by atoms with E-state index in [1.165, 1.54) is 25.7 Å². The molecule has 0 bridgehead atoms. The van der Waals surface area contributed by atoms with E-state index in [1.54, 1.807) is 4.68 Å². The zero-order chi connectivity index (χ0) is 20.9. The largest absolute Gasteiger partial charge is 0.355 e. The summed E-state index contributed by atoms with van der Waals surface area (Å²) in [6, 6.07) is 3.98. The first-order chi connectivity index (χ1) is 14.6. The van der Waals surface area contributed by atoms with Gasteiger partial charge in [-0.3, -0.25) is 5.43 Å². The van der Waals surface area contributed by atoms with Gasteiger partial charge in [-0.1, -0.05) is 10.9 Å². The van der Waals surface area contributed by atoms with Crippen LogP contribution in [0.1, 0.15) is 32.6 Å². The van der Waals surface area contributed by atoms with Gasteiger partial charge in [0.1, 0.15) is 11.7 Å². The van der Waals surface area contributed by atoms with Crippen molar-refractivity contribution in [2.75, 3.05) is 38.1 Å². The Morgan fingerprint density at radius 1 is 1.03 bits per heavy atom. The van der Waals surface area contributed by atoms with Gasteiger partial charge < -0.3 is 9.80 Å². The summed E-state index contributed by atoms with van der Waals surface area (Å²) in [6.45, 7) is 6.14. The van der Waals surface area contributed by atoms with Gasteiger partial charge in [0.2, 0.25) is 0 Å². The molecule has 4 heterocycles. The Bertz CT molecular complexity index is 900. The van der Waals surface area contributed by atoms with Gasteiger partial charge in [0.15, 0.2) is 11.3 Å². The average molecular weight is 412 g/mol. The lowest BCUT2D eigenvalue weighted by Gasteiger charge is -2.24. The van der Waals surface area contributed by atoms with Crippen LogP contribution in [0.15, 0.2) is 46.1 Å². The van der Waals surface area contributed by atoms with Crippen LogP contribution >= 0.6 is 0 Å². The van der Waals surface area contributed by atoms with Crippen molar-refractivity contribution in [2.24, 2.45) is 17.3 Å². The highest BCUT2D eigenvalue weighted by atomic mass is 15.6. The Kier molecular flexibility index (Phi) is 6.22. The van der Waals surface area contributed by atoms with Gasteiger partial charge >= 0.3 is 0 Å². The van der Waals surface area contributed by atoms with Crippen LogP contribution in [0.4, 0.5) is 5.82 Å². The molecule has 0 aliphatic carbocycles. The highest BCUT2D eigenvalue weighted by Gasteiger charge is 2.25. The summed E-state index contributed by atoms with van der Waals surface area (Å²) in [5.41, 5.74) is 12.7. The van der Waals surface area contributed by atoms with Crippen LogP contribution in [0.2, 0.25) is 0 Å². The number of aryl methyl sites for hydroxylation is 1. The molecule has 3 aliphatic rings. The molecule has 10 nitrogen and oxygen atoms in total. The second-order valence-electron chi connectivity index (χ2n) is 7.84. The number of allylic oxidation sites excluding steroid dienone is 2. The van der Waals surface area contributed by atoms with E-state index in [0.29, 0.717) is 5.84 Å². The van der Waals surface area contributed by atoms with E-state index < -0.39 is 0 Å². The molecule has 160 valence electrons. The zero-order valence-electron chi connectivity index (χ0n) is 18.0. The Morgan fingerprint density at radius 2 is 1.73 bits per heavy atom. The summed E-state index contributed by atoms with van der Waals surface area (Å²) in [7, 11) is 3.86. The number of anilines is 1. The van der Waals surface area contributed by atoms with Gasteiger partial charge in [-0.15, -0.1) is 5.10 Å². The number of quaternary nitrogens is 1. The molecule has 1 aromatic heterocycles. The predicted molar refractivity (Wildman–Crippen MR) is 115 cm³/mol. The van der Waals surface area contributed by atoms with Crippen molar-refractivity contribution in [3.63, 3.8) is 0 Å². The van der Waals surface area contributed by atoms with E-state index >= 15 is 0 Å². The molecule has 1 aromatic rings. The summed E-state index contributed by atoms with van der Waals surface area (Å²) >= 11 is 0. The standard InChI is InChI=1S/C20H31N10/c1-16(21-23-17-8-10-19(25-27(17)2)29-12-4-5-13-29)22-24-18-9-11-20(26-28(18)3)30-14-6-7-15-30/h8-11,27H,4-7,12-15H2,1-3H3,(H,21,22)/q+1/b24-18-.